The van der Waals surface area contributed by atoms with Gasteiger partial charge in [0.25, 0.3) is 0 Å². The van der Waals surface area contributed by atoms with Crippen LogP contribution in [0.2, 0.25) is 0 Å². The molecule has 2 saturated heterocycles. The SMILES string of the molecule is CCOC(=O)C1CCN(C(=O)C2CCN(S(=O)(=O)c3c(C)c(C)cc(C)c3C)CC2)CC1. The van der Waals surface area contributed by atoms with Crippen molar-refractivity contribution < 1.29 is 22.7 Å². The van der Waals surface area contributed by atoms with Gasteiger partial charge in [0.05, 0.1) is 17.4 Å². The number of carbonyl (C=O) groups excluding carboxylic acids is 2. The molecule has 8 heteroatoms. The van der Waals surface area contributed by atoms with Crippen molar-refractivity contribution in [2.24, 2.45) is 11.8 Å². The molecule has 1 amide bonds. The molecule has 2 fully saturated rings. The Hall–Kier alpha value is -1.93. The highest BCUT2D eigenvalue weighted by molar-refractivity contribution is 7.89. The third-order valence-electron chi connectivity index (χ3n) is 7.12. The highest BCUT2D eigenvalue weighted by Gasteiger charge is 2.37. The summed E-state index contributed by atoms with van der Waals surface area (Å²) >= 11 is 0. The van der Waals surface area contributed by atoms with Crippen molar-refractivity contribution in [1.29, 1.82) is 0 Å². The third kappa shape index (κ3) is 4.86. The lowest BCUT2D eigenvalue weighted by Crippen LogP contribution is -2.47. The Kier molecular flexibility index (Phi) is 7.65. The quantitative estimate of drug-likeness (QED) is 0.625. The van der Waals surface area contributed by atoms with Gasteiger partial charge in [-0.2, -0.15) is 4.31 Å². The van der Waals surface area contributed by atoms with Crippen LogP contribution >= 0.6 is 0 Å². The van der Waals surface area contributed by atoms with Crippen molar-refractivity contribution in [2.45, 2.75) is 65.2 Å². The molecule has 0 saturated carbocycles. The minimum absolute atomic E-state index is 0.0862. The number of nitrogens with zero attached hydrogens (tertiary/aromatic N) is 2. The Bertz CT molecular complexity index is 946. The molecule has 0 unspecified atom stereocenters. The summed E-state index contributed by atoms with van der Waals surface area (Å²) in [7, 11) is -3.61. The fourth-order valence-corrected chi connectivity index (χ4v) is 6.94. The summed E-state index contributed by atoms with van der Waals surface area (Å²) < 4.78 is 33.5. The summed E-state index contributed by atoms with van der Waals surface area (Å²) in [4.78, 5) is 27.2. The molecule has 0 aliphatic carbocycles. The van der Waals surface area contributed by atoms with Crippen molar-refractivity contribution in [3.05, 3.63) is 28.3 Å². The van der Waals surface area contributed by atoms with E-state index >= 15 is 0 Å². The zero-order valence-electron chi connectivity index (χ0n) is 19.9. The van der Waals surface area contributed by atoms with E-state index in [0.717, 1.165) is 22.3 Å². The molecule has 0 atom stereocenters. The van der Waals surface area contributed by atoms with Crippen LogP contribution in [0.1, 0.15) is 54.9 Å². The van der Waals surface area contributed by atoms with Crippen LogP contribution in [0.15, 0.2) is 11.0 Å². The maximum atomic E-state index is 13.5. The number of likely N-dealkylation sites (tertiary alicyclic amines) is 1. The van der Waals surface area contributed by atoms with Gasteiger partial charge in [0.2, 0.25) is 15.9 Å². The first-order chi connectivity index (χ1) is 15.1. The maximum absolute atomic E-state index is 13.5. The summed E-state index contributed by atoms with van der Waals surface area (Å²) in [6.07, 6.45) is 2.31. The fraction of sp³-hybridized carbons (Fsp3) is 0.667. The number of rotatable bonds is 5. The van der Waals surface area contributed by atoms with E-state index in [1.54, 1.807) is 6.92 Å². The number of hydrogen-bond donors (Lipinski definition) is 0. The van der Waals surface area contributed by atoms with Crippen LogP contribution in [-0.2, 0) is 24.3 Å². The molecule has 0 bridgehead atoms. The Balaban J connectivity index is 1.62. The predicted molar refractivity (Wildman–Crippen MR) is 123 cm³/mol. The highest BCUT2D eigenvalue weighted by Crippen LogP contribution is 2.32. The van der Waals surface area contributed by atoms with E-state index < -0.39 is 10.0 Å². The Morgan fingerprint density at radius 2 is 1.41 bits per heavy atom. The number of amides is 1. The summed E-state index contributed by atoms with van der Waals surface area (Å²) in [6.45, 7) is 11.6. The molecule has 0 radical (unpaired) electrons. The van der Waals surface area contributed by atoms with Crippen LogP contribution in [0.3, 0.4) is 0 Å². The standard InChI is InChI=1S/C24H36N2O5S/c1-6-31-24(28)21-7-11-25(12-8-21)23(27)20-9-13-26(14-10-20)32(29,30)22-18(4)16(2)15-17(3)19(22)5/h15,20-21H,6-14H2,1-5H3. The van der Waals surface area contributed by atoms with Gasteiger partial charge in [0, 0.05) is 32.1 Å². The van der Waals surface area contributed by atoms with Crippen LogP contribution in [0.4, 0.5) is 0 Å². The molecule has 0 spiro atoms. The van der Waals surface area contributed by atoms with Crippen molar-refractivity contribution in [2.75, 3.05) is 32.8 Å². The molecule has 7 nitrogen and oxygen atoms in total. The minimum Gasteiger partial charge on any atom is -0.466 e. The van der Waals surface area contributed by atoms with E-state index in [4.69, 9.17) is 4.74 Å². The summed E-state index contributed by atoms with van der Waals surface area (Å²) in [5, 5.41) is 0. The van der Waals surface area contributed by atoms with E-state index in [9.17, 15) is 18.0 Å². The first-order valence-corrected chi connectivity index (χ1v) is 13.0. The maximum Gasteiger partial charge on any atom is 0.309 e. The second-order valence-electron chi connectivity index (χ2n) is 9.12. The van der Waals surface area contributed by atoms with Gasteiger partial charge in [0.15, 0.2) is 0 Å². The van der Waals surface area contributed by atoms with Gasteiger partial charge in [-0.25, -0.2) is 8.42 Å². The molecular formula is C24H36N2O5S. The Morgan fingerprint density at radius 1 is 0.906 bits per heavy atom. The molecule has 3 rings (SSSR count). The van der Waals surface area contributed by atoms with E-state index in [1.807, 2.05) is 38.7 Å². The number of ether oxygens (including phenoxy) is 1. The normalized spacial score (nSPS) is 19.2. The molecule has 32 heavy (non-hydrogen) atoms. The number of hydrogen-bond acceptors (Lipinski definition) is 5. The topological polar surface area (TPSA) is 84.0 Å². The second kappa shape index (κ2) is 9.91. The minimum atomic E-state index is -3.61. The first kappa shape index (κ1) is 24.7. The van der Waals surface area contributed by atoms with Crippen molar-refractivity contribution >= 4 is 21.9 Å². The first-order valence-electron chi connectivity index (χ1n) is 11.6. The average molecular weight is 465 g/mol. The number of carbonyl (C=O) groups is 2. The third-order valence-corrected chi connectivity index (χ3v) is 9.30. The lowest BCUT2D eigenvalue weighted by atomic mass is 9.92. The lowest BCUT2D eigenvalue weighted by molar-refractivity contribution is -0.152. The van der Waals surface area contributed by atoms with Gasteiger partial charge in [-0.3, -0.25) is 9.59 Å². The zero-order valence-corrected chi connectivity index (χ0v) is 20.8. The number of piperidine rings is 2. The number of sulfonamides is 1. The molecule has 0 aromatic heterocycles. The lowest BCUT2D eigenvalue weighted by Gasteiger charge is -2.36. The van der Waals surface area contributed by atoms with E-state index in [0.29, 0.717) is 63.4 Å². The molecule has 2 heterocycles. The van der Waals surface area contributed by atoms with Gasteiger partial charge in [-0.15, -0.1) is 0 Å². The molecule has 178 valence electrons. The Labute approximate surface area is 192 Å². The highest BCUT2D eigenvalue weighted by atomic mass is 32.2. The molecule has 2 aliphatic rings. The number of benzene rings is 1. The van der Waals surface area contributed by atoms with E-state index in [2.05, 4.69) is 0 Å². The monoisotopic (exact) mass is 464 g/mol. The number of aryl methyl sites for hydroxylation is 2. The average Bonchev–Trinajstić information content (AvgIpc) is 2.77. The van der Waals surface area contributed by atoms with Crippen LogP contribution in [0.5, 0.6) is 0 Å². The second-order valence-corrected chi connectivity index (χ2v) is 11.0. The summed E-state index contributed by atoms with van der Waals surface area (Å²) in [5.74, 6) is -0.379. The molecular weight excluding hydrogens is 428 g/mol. The van der Waals surface area contributed by atoms with Crippen LogP contribution in [-0.4, -0.2) is 62.3 Å². The van der Waals surface area contributed by atoms with Crippen molar-refractivity contribution in [3.8, 4) is 0 Å². The van der Waals surface area contributed by atoms with E-state index in [-0.39, 0.29) is 23.7 Å². The smallest absolute Gasteiger partial charge is 0.309 e. The molecule has 1 aromatic rings. The Morgan fingerprint density at radius 3 is 1.91 bits per heavy atom. The predicted octanol–water partition coefficient (Wildman–Crippen LogP) is 3.12. The van der Waals surface area contributed by atoms with Crippen LogP contribution < -0.4 is 0 Å². The van der Waals surface area contributed by atoms with Crippen LogP contribution in [0, 0.1) is 39.5 Å². The number of esters is 1. The fourth-order valence-electron chi connectivity index (χ4n) is 4.89. The molecule has 0 N–H and O–H groups in total. The van der Waals surface area contributed by atoms with Crippen molar-refractivity contribution in [3.63, 3.8) is 0 Å². The van der Waals surface area contributed by atoms with Crippen LogP contribution in [0.25, 0.3) is 0 Å². The summed E-state index contributed by atoms with van der Waals surface area (Å²) in [6, 6.07) is 2.03. The van der Waals surface area contributed by atoms with Gasteiger partial charge in [-0.1, -0.05) is 6.07 Å². The van der Waals surface area contributed by atoms with Gasteiger partial charge in [-0.05, 0) is 82.6 Å². The van der Waals surface area contributed by atoms with E-state index in [1.165, 1.54) is 4.31 Å². The molecule has 2 aliphatic heterocycles. The van der Waals surface area contributed by atoms with Gasteiger partial charge >= 0.3 is 5.97 Å². The van der Waals surface area contributed by atoms with Gasteiger partial charge < -0.3 is 9.64 Å². The molecule has 1 aromatic carbocycles. The zero-order chi connectivity index (χ0) is 23.6. The van der Waals surface area contributed by atoms with Crippen molar-refractivity contribution in [1.82, 2.24) is 9.21 Å². The largest absolute Gasteiger partial charge is 0.466 e. The van der Waals surface area contributed by atoms with Gasteiger partial charge in [0.1, 0.15) is 0 Å². The summed E-state index contributed by atoms with van der Waals surface area (Å²) in [5.41, 5.74) is 3.55.